The van der Waals surface area contributed by atoms with Crippen molar-refractivity contribution < 1.29 is 4.79 Å². The fourth-order valence-corrected chi connectivity index (χ4v) is 4.82. The molecule has 31 heavy (non-hydrogen) atoms. The van der Waals surface area contributed by atoms with Gasteiger partial charge >= 0.3 is 0 Å². The first-order valence-electron chi connectivity index (χ1n) is 9.78. The molecule has 0 atom stereocenters. The first-order chi connectivity index (χ1) is 15.2. The Hall–Kier alpha value is -2.66. The molecular weight excluding hydrogens is 442 g/mol. The van der Waals surface area contributed by atoms with E-state index in [4.69, 9.17) is 11.6 Å². The van der Waals surface area contributed by atoms with Gasteiger partial charge in [0.2, 0.25) is 0 Å². The molecule has 0 aliphatic carbocycles. The Morgan fingerprint density at radius 3 is 2.16 bits per heavy atom. The predicted molar refractivity (Wildman–Crippen MR) is 132 cm³/mol. The number of carbonyl (C=O) groups excluding carboxylic acids is 1. The maximum Gasteiger partial charge on any atom is 0.255 e. The zero-order valence-electron chi connectivity index (χ0n) is 16.6. The van der Waals surface area contributed by atoms with E-state index >= 15 is 0 Å². The van der Waals surface area contributed by atoms with Gasteiger partial charge in [-0.3, -0.25) is 4.79 Å². The average molecular weight is 462 g/mol. The monoisotopic (exact) mass is 461 g/mol. The summed E-state index contributed by atoms with van der Waals surface area (Å²) < 4.78 is 0. The Morgan fingerprint density at radius 1 is 0.742 bits per heavy atom. The molecule has 0 saturated carbocycles. The summed E-state index contributed by atoms with van der Waals surface area (Å²) in [6.45, 7) is 0. The molecule has 4 rings (SSSR count). The molecule has 4 aromatic carbocycles. The Bertz CT molecular complexity index is 1150. The van der Waals surface area contributed by atoms with Crippen molar-refractivity contribution in [3.63, 3.8) is 0 Å². The topological polar surface area (TPSA) is 29.1 Å². The largest absolute Gasteiger partial charge is 0.321 e. The number of hydrogen-bond donors (Lipinski definition) is 1. The second-order valence-corrected chi connectivity index (χ2v) is 9.41. The van der Waals surface area contributed by atoms with Crippen LogP contribution < -0.4 is 5.32 Å². The van der Waals surface area contributed by atoms with E-state index in [2.05, 4.69) is 17.4 Å². The van der Waals surface area contributed by atoms with Gasteiger partial charge in [0.15, 0.2) is 0 Å². The third kappa shape index (κ3) is 6.17. The van der Waals surface area contributed by atoms with Gasteiger partial charge < -0.3 is 5.32 Å². The highest BCUT2D eigenvalue weighted by Gasteiger charge is 2.10. The zero-order valence-corrected chi connectivity index (χ0v) is 19.0. The van der Waals surface area contributed by atoms with Crippen molar-refractivity contribution >= 4 is 46.7 Å². The lowest BCUT2D eigenvalue weighted by atomic mass is 10.1. The number of hydrogen-bond acceptors (Lipinski definition) is 3. The maximum atomic E-state index is 12.8. The fraction of sp³-hybridized carbons (Fsp3) is 0.0385. The molecule has 0 aromatic heterocycles. The van der Waals surface area contributed by atoms with E-state index in [0.717, 1.165) is 31.8 Å². The number of nitrogens with one attached hydrogen (secondary N) is 1. The van der Waals surface area contributed by atoms with Gasteiger partial charge in [0.25, 0.3) is 5.91 Å². The van der Waals surface area contributed by atoms with E-state index in [0.29, 0.717) is 5.56 Å². The summed E-state index contributed by atoms with van der Waals surface area (Å²) in [5, 5.41) is 3.79. The highest BCUT2D eigenvalue weighted by molar-refractivity contribution is 7.99. The van der Waals surface area contributed by atoms with Crippen LogP contribution in [0.2, 0.25) is 5.02 Å². The van der Waals surface area contributed by atoms with Crippen LogP contribution in [0.4, 0.5) is 5.69 Å². The van der Waals surface area contributed by atoms with Crippen molar-refractivity contribution in [2.75, 3.05) is 5.32 Å². The van der Waals surface area contributed by atoms with E-state index < -0.39 is 0 Å². The van der Waals surface area contributed by atoms with Crippen molar-refractivity contribution in [2.45, 2.75) is 20.4 Å². The number of rotatable bonds is 7. The van der Waals surface area contributed by atoms with Crippen LogP contribution in [0.25, 0.3) is 0 Å². The Labute approximate surface area is 196 Å². The minimum absolute atomic E-state index is 0.113. The van der Waals surface area contributed by atoms with Gasteiger partial charge in [0.05, 0.1) is 5.69 Å². The Balaban J connectivity index is 1.39. The molecule has 4 aromatic rings. The van der Waals surface area contributed by atoms with Crippen LogP contribution in [-0.2, 0) is 5.75 Å². The Morgan fingerprint density at radius 2 is 1.42 bits per heavy atom. The molecule has 0 radical (unpaired) electrons. The summed E-state index contributed by atoms with van der Waals surface area (Å²) in [6, 6.07) is 33.6. The molecule has 0 saturated heterocycles. The quantitative estimate of drug-likeness (QED) is 0.282. The molecule has 2 nitrogen and oxygen atoms in total. The molecule has 0 bridgehead atoms. The fourth-order valence-electron chi connectivity index (χ4n) is 2.92. The van der Waals surface area contributed by atoms with Gasteiger partial charge in [-0.25, -0.2) is 0 Å². The summed E-state index contributed by atoms with van der Waals surface area (Å²) in [6.07, 6.45) is 0. The number of thioether (sulfide) groups is 1. The molecule has 0 unspecified atom stereocenters. The number of benzene rings is 4. The first-order valence-corrected chi connectivity index (χ1v) is 12.0. The predicted octanol–water partition coefficient (Wildman–Crippen LogP) is 8.04. The van der Waals surface area contributed by atoms with E-state index in [1.54, 1.807) is 23.5 Å². The van der Waals surface area contributed by atoms with Crippen LogP contribution in [0.5, 0.6) is 0 Å². The summed E-state index contributed by atoms with van der Waals surface area (Å²) in [5.41, 5.74) is 2.61. The summed E-state index contributed by atoms with van der Waals surface area (Å²) in [7, 11) is 0. The van der Waals surface area contributed by atoms with Gasteiger partial charge in [0, 0.05) is 31.0 Å². The maximum absolute atomic E-state index is 12.8. The standard InChI is InChI=1S/C26H20ClNOS2/c27-21-14-16-22(17-15-21)30-18-19-10-12-20(13-11-19)26(29)28-24-8-4-5-9-25(24)31-23-6-2-1-3-7-23/h1-17H,18H2,(H,28,29). The van der Waals surface area contributed by atoms with Gasteiger partial charge in [-0.05, 0) is 66.2 Å². The lowest BCUT2D eigenvalue weighted by Gasteiger charge is -2.11. The molecule has 0 aliphatic heterocycles. The van der Waals surface area contributed by atoms with E-state index in [1.165, 1.54) is 4.90 Å². The number of halogens is 1. The third-order valence-electron chi connectivity index (χ3n) is 4.54. The molecule has 0 aliphatic rings. The van der Waals surface area contributed by atoms with Crippen LogP contribution in [-0.4, -0.2) is 5.91 Å². The van der Waals surface area contributed by atoms with Crippen LogP contribution in [0.15, 0.2) is 118 Å². The number of amides is 1. The van der Waals surface area contributed by atoms with Crippen LogP contribution in [0, 0.1) is 0 Å². The van der Waals surface area contributed by atoms with Gasteiger partial charge in [0.1, 0.15) is 0 Å². The first kappa shape index (κ1) is 21.6. The van der Waals surface area contributed by atoms with E-state index in [1.807, 2.05) is 91.0 Å². The van der Waals surface area contributed by atoms with Gasteiger partial charge in [-0.15, -0.1) is 11.8 Å². The number of carbonyl (C=O) groups is 1. The van der Waals surface area contributed by atoms with E-state index in [-0.39, 0.29) is 5.91 Å². The van der Waals surface area contributed by atoms with Crippen molar-refractivity contribution in [2.24, 2.45) is 0 Å². The normalized spacial score (nSPS) is 10.6. The molecule has 1 N–H and O–H groups in total. The molecule has 1 amide bonds. The summed E-state index contributed by atoms with van der Waals surface area (Å²) in [5.74, 6) is 0.720. The highest BCUT2D eigenvalue weighted by Crippen LogP contribution is 2.33. The lowest BCUT2D eigenvalue weighted by Crippen LogP contribution is -2.12. The third-order valence-corrected chi connectivity index (χ3v) is 6.96. The summed E-state index contributed by atoms with van der Waals surface area (Å²) in [4.78, 5) is 16.1. The average Bonchev–Trinajstić information content (AvgIpc) is 2.81. The molecule has 0 heterocycles. The van der Waals surface area contributed by atoms with Crippen LogP contribution in [0.3, 0.4) is 0 Å². The van der Waals surface area contributed by atoms with Gasteiger partial charge in [-0.2, -0.15) is 0 Å². The molecule has 5 heteroatoms. The smallest absolute Gasteiger partial charge is 0.255 e. The van der Waals surface area contributed by atoms with Crippen LogP contribution >= 0.6 is 35.1 Å². The highest BCUT2D eigenvalue weighted by atomic mass is 35.5. The minimum Gasteiger partial charge on any atom is -0.321 e. The minimum atomic E-state index is -0.113. The Kier molecular flexibility index (Phi) is 7.36. The van der Waals surface area contributed by atoms with Crippen molar-refractivity contribution in [3.8, 4) is 0 Å². The molecular formula is C26H20ClNOS2. The zero-order chi connectivity index (χ0) is 21.5. The second kappa shape index (κ2) is 10.6. The lowest BCUT2D eigenvalue weighted by molar-refractivity contribution is 0.102. The van der Waals surface area contributed by atoms with Crippen LogP contribution in [0.1, 0.15) is 15.9 Å². The molecule has 0 spiro atoms. The number of para-hydroxylation sites is 1. The van der Waals surface area contributed by atoms with Crippen molar-refractivity contribution in [1.29, 1.82) is 0 Å². The number of anilines is 1. The SMILES string of the molecule is O=C(Nc1ccccc1Sc1ccccc1)c1ccc(CSc2ccc(Cl)cc2)cc1. The second-order valence-electron chi connectivity index (χ2n) is 6.80. The summed E-state index contributed by atoms with van der Waals surface area (Å²) >= 11 is 9.31. The van der Waals surface area contributed by atoms with E-state index in [9.17, 15) is 4.79 Å². The molecule has 154 valence electrons. The van der Waals surface area contributed by atoms with Crippen molar-refractivity contribution in [1.82, 2.24) is 0 Å². The van der Waals surface area contributed by atoms with Crippen molar-refractivity contribution in [3.05, 3.63) is 119 Å². The molecule has 0 fully saturated rings. The van der Waals surface area contributed by atoms with Gasteiger partial charge in [-0.1, -0.05) is 65.8 Å².